The molecule has 0 bridgehead atoms. The number of thioether (sulfide) groups is 1. The lowest BCUT2D eigenvalue weighted by molar-refractivity contribution is -0.128. The van der Waals surface area contributed by atoms with Crippen molar-refractivity contribution in [3.05, 3.63) is 60.4 Å². The third kappa shape index (κ3) is 5.97. The summed E-state index contributed by atoms with van der Waals surface area (Å²) < 4.78 is 12.2. The van der Waals surface area contributed by atoms with Gasteiger partial charge in [-0.15, -0.1) is 10.2 Å². The average molecular weight is 438 g/mol. The summed E-state index contributed by atoms with van der Waals surface area (Å²) in [6.45, 7) is -0.349. The highest BCUT2D eigenvalue weighted by Crippen LogP contribution is 2.21. The van der Waals surface area contributed by atoms with Gasteiger partial charge in [-0.25, -0.2) is 0 Å². The number of hydrogen-bond donors (Lipinski definition) is 2. The third-order valence-corrected chi connectivity index (χ3v) is 4.85. The van der Waals surface area contributed by atoms with Crippen LogP contribution in [-0.4, -0.2) is 46.0 Å². The molecule has 2 amide bonds. The Morgan fingerprint density at radius 3 is 2.61 bits per heavy atom. The number of nitrogens with one attached hydrogen (secondary N) is 2. The third-order valence-electron chi connectivity index (χ3n) is 3.91. The molecule has 11 heteroatoms. The van der Waals surface area contributed by atoms with Crippen molar-refractivity contribution < 1.29 is 19.1 Å². The number of carbonyl (C=O) groups excluding carboxylic acids is 2. The molecule has 3 rings (SSSR count). The standard InChI is InChI=1S/C20H18N6O4S/c1-29-16-8-6-15(7-9-16)26-13-22-25-20(26)31-12-19(28)24-23-18(27)11-30-17-5-3-2-4-14(17)10-21/h2-9,13H,11-12H2,1H3,(H,23,27)(H,24,28). The van der Waals surface area contributed by atoms with Crippen LogP contribution in [0.1, 0.15) is 5.56 Å². The van der Waals surface area contributed by atoms with Crippen LogP contribution in [0.3, 0.4) is 0 Å². The number of hydrogen-bond acceptors (Lipinski definition) is 8. The van der Waals surface area contributed by atoms with Crippen LogP contribution in [0, 0.1) is 11.3 Å². The molecule has 0 radical (unpaired) electrons. The molecule has 10 nitrogen and oxygen atoms in total. The summed E-state index contributed by atoms with van der Waals surface area (Å²) in [5.41, 5.74) is 5.70. The number of hydrazine groups is 1. The number of amides is 2. The van der Waals surface area contributed by atoms with E-state index in [9.17, 15) is 9.59 Å². The molecule has 0 fully saturated rings. The van der Waals surface area contributed by atoms with E-state index in [0.717, 1.165) is 23.2 Å². The van der Waals surface area contributed by atoms with Crippen molar-refractivity contribution in [2.45, 2.75) is 5.16 Å². The van der Waals surface area contributed by atoms with Gasteiger partial charge in [-0.2, -0.15) is 5.26 Å². The number of ether oxygens (including phenoxy) is 2. The SMILES string of the molecule is COc1ccc(-n2cnnc2SCC(=O)NNC(=O)COc2ccccc2C#N)cc1. The maximum Gasteiger partial charge on any atom is 0.276 e. The van der Waals surface area contributed by atoms with Crippen molar-refractivity contribution in [3.8, 4) is 23.3 Å². The Morgan fingerprint density at radius 1 is 1.13 bits per heavy atom. The maximum absolute atomic E-state index is 12.0. The number of benzene rings is 2. The van der Waals surface area contributed by atoms with E-state index in [1.165, 1.54) is 0 Å². The van der Waals surface area contributed by atoms with Crippen LogP contribution in [0.2, 0.25) is 0 Å². The molecular weight excluding hydrogens is 420 g/mol. The summed E-state index contributed by atoms with van der Waals surface area (Å²) in [5.74, 6) is 0.0291. The molecule has 2 aromatic carbocycles. The molecule has 0 aliphatic carbocycles. The van der Waals surface area contributed by atoms with Gasteiger partial charge in [-0.1, -0.05) is 23.9 Å². The lowest BCUT2D eigenvalue weighted by Crippen LogP contribution is -2.44. The number of rotatable bonds is 8. The monoisotopic (exact) mass is 438 g/mol. The minimum Gasteiger partial charge on any atom is -0.497 e. The average Bonchev–Trinajstić information content (AvgIpc) is 3.29. The minimum atomic E-state index is -0.563. The van der Waals surface area contributed by atoms with Crippen LogP contribution >= 0.6 is 11.8 Å². The molecule has 2 N–H and O–H groups in total. The Balaban J connectivity index is 1.45. The molecule has 0 unspecified atom stereocenters. The fourth-order valence-electron chi connectivity index (χ4n) is 2.41. The molecule has 31 heavy (non-hydrogen) atoms. The van der Waals surface area contributed by atoms with Gasteiger partial charge in [0.1, 0.15) is 23.9 Å². The molecule has 0 saturated carbocycles. The quantitative estimate of drug-likeness (QED) is 0.399. The van der Waals surface area contributed by atoms with E-state index in [2.05, 4.69) is 21.0 Å². The van der Waals surface area contributed by atoms with Gasteiger partial charge in [0.25, 0.3) is 5.91 Å². The summed E-state index contributed by atoms with van der Waals surface area (Å²) in [4.78, 5) is 23.9. The summed E-state index contributed by atoms with van der Waals surface area (Å²) in [6.07, 6.45) is 1.54. The Hall–Kier alpha value is -4.04. The second kappa shape index (κ2) is 10.7. The van der Waals surface area contributed by atoms with E-state index in [4.69, 9.17) is 14.7 Å². The van der Waals surface area contributed by atoms with Gasteiger partial charge in [0.15, 0.2) is 11.8 Å². The zero-order valence-electron chi connectivity index (χ0n) is 16.4. The van der Waals surface area contributed by atoms with Crippen LogP contribution in [0.4, 0.5) is 0 Å². The molecule has 0 spiro atoms. The van der Waals surface area contributed by atoms with Gasteiger partial charge < -0.3 is 9.47 Å². The number of carbonyl (C=O) groups is 2. The molecule has 0 atom stereocenters. The van der Waals surface area contributed by atoms with Crippen LogP contribution in [0.5, 0.6) is 11.5 Å². The first kappa shape index (κ1) is 21.7. The van der Waals surface area contributed by atoms with Gasteiger partial charge in [-0.3, -0.25) is 25.0 Å². The van der Waals surface area contributed by atoms with Crippen LogP contribution in [-0.2, 0) is 9.59 Å². The Bertz CT molecular complexity index is 1090. The molecule has 158 valence electrons. The summed E-state index contributed by atoms with van der Waals surface area (Å²) in [5, 5.41) is 17.4. The number of nitrogens with zero attached hydrogens (tertiary/aromatic N) is 4. The van der Waals surface area contributed by atoms with Crippen LogP contribution in [0.15, 0.2) is 60.0 Å². The molecule has 1 aromatic heterocycles. The maximum atomic E-state index is 12.0. The predicted octanol–water partition coefficient (Wildman–Crippen LogP) is 1.47. The van der Waals surface area contributed by atoms with E-state index in [0.29, 0.717) is 16.5 Å². The van der Waals surface area contributed by atoms with E-state index in [-0.39, 0.29) is 12.4 Å². The van der Waals surface area contributed by atoms with Crippen LogP contribution < -0.4 is 20.3 Å². The Kier molecular flexibility index (Phi) is 7.45. The lowest BCUT2D eigenvalue weighted by Gasteiger charge is -2.10. The highest BCUT2D eigenvalue weighted by Gasteiger charge is 2.12. The van der Waals surface area contributed by atoms with E-state index >= 15 is 0 Å². The van der Waals surface area contributed by atoms with Crippen molar-refractivity contribution in [1.82, 2.24) is 25.6 Å². The van der Waals surface area contributed by atoms with Crippen LogP contribution in [0.25, 0.3) is 5.69 Å². The second-order valence-electron chi connectivity index (χ2n) is 5.96. The van der Waals surface area contributed by atoms with Gasteiger partial charge >= 0.3 is 0 Å². The van der Waals surface area contributed by atoms with Gasteiger partial charge in [0, 0.05) is 5.69 Å². The van der Waals surface area contributed by atoms with Gasteiger partial charge in [0.05, 0.1) is 18.4 Å². The van der Waals surface area contributed by atoms with Crippen molar-refractivity contribution in [3.63, 3.8) is 0 Å². The number of nitriles is 1. The first-order valence-electron chi connectivity index (χ1n) is 8.97. The van der Waals surface area contributed by atoms with E-state index in [1.807, 2.05) is 30.3 Å². The highest BCUT2D eigenvalue weighted by molar-refractivity contribution is 7.99. The molecule has 0 saturated heterocycles. The molecule has 0 aliphatic heterocycles. The first-order chi connectivity index (χ1) is 15.1. The Labute approximate surface area is 182 Å². The molecule has 3 aromatic rings. The predicted molar refractivity (Wildman–Crippen MR) is 112 cm³/mol. The number of para-hydroxylation sites is 1. The molecular formula is C20H18N6O4S. The highest BCUT2D eigenvalue weighted by atomic mass is 32.2. The summed E-state index contributed by atoms with van der Waals surface area (Å²) in [6, 6.07) is 15.8. The topological polar surface area (TPSA) is 131 Å². The smallest absolute Gasteiger partial charge is 0.276 e. The van der Waals surface area contributed by atoms with Crippen molar-refractivity contribution in [2.75, 3.05) is 19.5 Å². The summed E-state index contributed by atoms with van der Waals surface area (Å²) in [7, 11) is 1.59. The van der Waals surface area contributed by atoms with Gasteiger partial charge in [-0.05, 0) is 36.4 Å². The Morgan fingerprint density at radius 2 is 1.87 bits per heavy atom. The van der Waals surface area contributed by atoms with E-state index in [1.54, 1.807) is 42.3 Å². The first-order valence-corrected chi connectivity index (χ1v) is 9.96. The second-order valence-corrected chi connectivity index (χ2v) is 6.91. The van der Waals surface area contributed by atoms with Crippen molar-refractivity contribution in [1.29, 1.82) is 5.26 Å². The number of aromatic nitrogens is 3. The fraction of sp³-hybridized carbons (Fsp3) is 0.150. The number of methoxy groups -OCH3 is 1. The zero-order chi connectivity index (χ0) is 22.1. The minimum absolute atomic E-state index is 0.00719. The molecule has 0 aliphatic rings. The zero-order valence-corrected chi connectivity index (χ0v) is 17.3. The van der Waals surface area contributed by atoms with Crippen molar-refractivity contribution in [2.24, 2.45) is 0 Å². The fourth-order valence-corrected chi connectivity index (χ4v) is 3.14. The summed E-state index contributed by atoms with van der Waals surface area (Å²) >= 11 is 1.16. The van der Waals surface area contributed by atoms with E-state index < -0.39 is 11.8 Å². The van der Waals surface area contributed by atoms with Crippen molar-refractivity contribution >= 4 is 23.6 Å². The largest absolute Gasteiger partial charge is 0.497 e. The normalized spacial score (nSPS) is 10.1. The van der Waals surface area contributed by atoms with Gasteiger partial charge in [0.2, 0.25) is 5.91 Å². The lowest BCUT2D eigenvalue weighted by atomic mass is 10.2. The molecule has 1 heterocycles.